The highest BCUT2D eigenvalue weighted by atomic mass is 19.4. The van der Waals surface area contributed by atoms with Crippen LogP contribution in [0.25, 0.3) is 0 Å². The number of carbonyl (C=O) groups is 1. The Morgan fingerprint density at radius 1 is 1.32 bits per heavy atom. The number of amidine groups is 1. The van der Waals surface area contributed by atoms with Gasteiger partial charge in [0.1, 0.15) is 6.04 Å². The molecule has 8 heteroatoms. The fourth-order valence-electron chi connectivity index (χ4n) is 1.99. The van der Waals surface area contributed by atoms with Crippen LogP contribution in [-0.2, 0) is 9.63 Å². The van der Waals surface area contributed by atoms with Crippen molar-refractivity contribution in [1.82, 2.24) is 0 Å². The largest absolute Gasteiger partial charge is 0.580 e. The molecule has 4 nitrogen and oxygen atoms in total. The molecule has 0 spiro atoms. The Kier molecular flexibility index (Phi) is 4.23. The number of hydrogen-bond acceptors (Lipinski definition) is 2. The van der Waals surface area contributed by atoms with Crippen LogP contribution in [0.3, 0.4) is 0 Å². The van der Waals surface area contributed by atoms with E-state index in [1.165, 1.54) is 18.4 Å². The van der Waals surface area contributed by atoms with Crippen LogP contribution in [0.15, 0.2) is 0 Å². The summed E-state index contributed by atoms with van der Waals surface area (Å²) in [4.78, 5) is 15.4. The molecule has 1 unspecified atom stereocenters. The molecule has 0 saturated heterocycles. The molecule has 0 aliphatic carbocycles. The van der Waals surface area contributed by atoms with Crippen molar-refractivity contribution >= 4 is 12.1 Å². The maximum Gasteiger partial charge on any atom is 0.580 e. The molecule has 1 aliphatic rings. The second-order valence-electron chi connectivity index (χ2n) is 5.05. The van der Waals surface area contributed by atoms with E-state index in [1.54, 1.807) is 13.8 Å². The van der Waals surface area contributed by atoms with Gasteiger partial charge in [-0.15, -0.1) is 4.58 Å². The van der Waals surface area contributed by atoms with Crippen molar-refractivity contribution < 1.29 is 36.4 Å². The average molecular weight is 286 g/mol. The van der Waals surface area contributed by atoms with Gasteiger partial charge in [0, 0.05) is 0 Å². The van der Waals surface area contributed by atoms with Crippen LogP contribution in [0.2, 0.25) is 0 Å². The number of hydrogen-bond donors (Lipinski definition) is 0. The van der Waals surface area contributed by atoms with Gasteiger partial charge in [0.25, 0.3) is 0 Å². The van der Waals surface area contributed by atoms with Crippen LogP contribution < -0.4 is 0 Å². The summed E-state index contributed by atoms with van der Waals surface area (Å²) >= 11 is 0. The van der Waals surface area contributed by atoms with Gasteiger partial charge in [-0.2, -0.15) is 13.2 Å². The van der Waals surface area contributed by atoms with Crippen LogP contribution >= 0.6 is 0 Å². The van der Waals surface area contributed by atoms with Crippen LogP contribution in [0.5, 0.6) is 0 Å². The molecule has 0 saturated carbocycles. The number of nitrogens with zero attached hydrogens (tertiary/aromatic N) is 2. The highest BCUT2D eigenvalue weighted by Crippen LogP contribution is 2.27. The van der Waals surface area contributed by atoms with Gasteiger partial charge in [0.2, 0.25) is 6.54 Å². The van der Waals surface area contributed by atoms with E-state index in [-0.39, 0.29) is 19.1 Å². The van der Waals surface area contributed by atoms with Crippen LogP contribution in [0, 0.1) is 0 Å². The third-order valence-corrected chi connectivity index (χ3v) is 3.16. The molecule has 1 atom stereocenters. The van der Waals surface area contributed by atoms with Gasteiger partial charge in [-0.25, -0.2) is 4.79 Å². The number of halogens is 4. The second-order valence-corrected chi connectivity index (χ2v) is 5.05. The molecule has 0 N–H and O–H groups in total. The Labute approximate surface area is 108 Å². The van der Waals surface area contributed by atoms with Crippen molar-refractivity contribution in [2.75, 3.05) is 13.1 Å². The van der Waals surface area contributed by atoms with Gasteiger partial charge in [0.05, 0.1) is 0 Å². The fraction of sp³-hybridized carbons (Fsp3) is 0.818. The lowest BCUT2D eigenvalue weighted by Gasteiger charge is -2.27. The molecule has 0 amide bonds. The molecule has 0 aromatic carbocycles. The lowest BCUT2D eigenvalue weighted by Crippen LogP contribution is -2.57. The molecule has 0 bridgehead atoms. The number of rotatable bonds is 3. The predicted molar refractivity (Wildman–Crippen MR) is 58.8 cm³/mol. The first-order valence-corrected chi connectivity index (χ1v) is 6.00. The monoisotopic (exact) mass is 286 g/mol. The van der Waals surface area contributed by atoms with E-state index in [9.17, 15) is 22.4 Å². The Hall–Kier alpha value is -1.18. The van der Waals surface area contributed by atoms with Gasteiger partial charge in [0.15, 0.2) is 12.6 Å². The Bertz CT molecular complexity index is 404. The summed E-state index contributed by atoms with van der Waals surface area (Å²) in [6, 6.07) is -0.863. The Morgan fingerprint density at radius 3 is 2.16 bits per heavy atom. The first kappa shape index (κ1) is 15.9. The summed E-state index contributed by atoms with van der Waals surface area (Å²) in [5, 5.41) is 0. The molecule has 1 aliphatic heterocycles. The zero-order valence-corrected chi connectivity index (χ0v) is 11.3. The first-order chi connectivity index (χ1) is 8.52. The van der Waals surface area contributed by atoms with Gasteiger partial charge in [-0.1, -0.05) is 4.39 Å². The normalized spacial score (nSPS) is 24.5. The van der Waals surface area contributed by atoms with Crippen LogP contribution in [-0.4, -0.2) is 52.6 Å². The van der Waals surface area contributed by atoms with E-state index in [1.807, 2.05) is 0 Å². The van der Waals surface area contributed by atoms with Crippen molar-refractivity contribution in [3.05, 3.63) is 0 Å². The maximum absolute atomic E-state index is 14.3. The SMILES string of the molecule is CC(C)[N+]1=C(F)[N+](OC(=O)C(F)(F)F)(C(C)C)CC1. The topological polar surface area (TPSA) is 29.3 Å². The van der Waals surface area contributed by atoms with Gasteiger partial charge in [-0.05, 0) is 32.3 Å². The van der Waals surface area contributed by atoms with E-state index in [4.69, 9.17) is 0 Å². The smallest absolute Gasteiger partial charge is 0.253 e. The average Bonchev–Trinajstić information content (AvgIpc) is 2.56. The van der Waals surface area contributed by atoms with Gasteiger partial charge < -0.3 is 0 Å². The Balaban J connectivity index is 3.12. The number of alkyl halides is 3. The van der Waals surface area contributed by atoms with Crippen molar-refractivity contribution in [2.24, 2.45) is 0 Å². The molecule has 1 rings (SSSR count). The van der Waals surface area contributed by atoms with Crippen molar-refractivity contribution in [3.63, 3.8) is 0 Å². The lowest BCUT2D eigenvalue weighted by atomic mass is 10.3. The zero-order valence-electron chi connectivity index (χ0n) is 11.3. The maximum atomic E-state index is 14.3. The highest BCUT2D eigenvalue weighted by Gasteiger charge is 2.60. The standard InChI is InChI=1S/C11H18F4N2O2/c1-7(2)16-5-6-17(8(3)4,10(16)12)19-9(18)11(13,14)15/h7-8H,5-6H2,1-4H3/q+2. The summed E-state index contributed by atoms with van der Waals surface area (Å²) in [5.74, 6) is -2.37. The molecule has 0 radical (unpaired) electrons. The zero-order chi connectivity index (χ0) is 15.0. The first-order valence-electron chi connectivity index (χ1n) is 6.00. The number of quaternary nitrogens is 1. The summed E-state index contributed by atoms with van der Waals surface area (Å²) in [5.41, 5.74) is 0. The minimum absolute atomic E-state index is 0.0382. The molecule has 0 aromatic rings. The van der Waals surface area contributed by atoms with Crippen LogP contribution in [0.1, 0.15) is 27.7 Å². The van der Waals surface area contributed by atoms with Crippen LogP contribution in [0.4, 0.5) is 17.6 Å². The summed E-state index contributed by atoms with van der Waals surface area (Å²) in [7, 11) is 0. The molecular weight excluding hydrogens is 268 g/mol. The number of hydroxylamine groups is 3. The minimum atomic E-state index is -5.13. The van der Waals surface area contributed by atoms with Gasteiger partial charge >= 0.3 is 18.2 Å². The summed E-state index contributed by atoms with van der Waals surface area (Å²) in [6.45, 7) is 6.60. The molecule has 1 heterocycles. The quantitative estimate of drug-likeness (QED) is 0.344. The summed E-state index contributed by atoms with van der Waals surface area (Å²) < 4.78 is 51.4. The third-order valence-electron chi connectivity index (χ3n) is 3.16. The molecule has 19 heavy (non-hydrogen) atoms. The lowest BCUT2D eigenvalue weighted by molar-refractivity contribution is -1.04. The van der Waals surface area contributed by atoms with E-state index in [2.05, 4.69) is 4.84 Å². The highest BCUT2D eigenvalue weighted by molar-refractivity contribution is 5.75. The summed E-state index contributed by atoms with van der Waals surface area (Å²) in [6.07, 6.45) is -5.99. The van der Waals surface area contributed by atoms with E-state index in [0.29, 0.717) is 0 Å². The minimum Gasteiger partial charge on any atom is -0.253 e. The van der Waals surface area contributed by atoms with E-state index >= 15 is 0 Å². The molecular formula is C11H18F4N2O2+2. The third kappa shape index (κ3) is 2.88. The second kappa shape index (κ2) is 5.07. The van der Waals surface area contributed by atoms with Crippen molar-refractivity contribution in [2.45, 2.75) is 46.0 Å². The molecule has 0 fully saturated rings. The van der Waals surface area contributed by atoms with E-state index in [0.717, 1.165) is 0 Å². The molecule has 110 valence electrons. The van der Waals surface area contributed by atoms with E-state index < -0.39 is 28.9 Å². The van der Waals surface area contributed by atoms with Gasteiger partial charge in [-0.3, -0.25) is 4.84 Å². The number of carbonyl (C=O) groups excluding carboxylic acids is 1. The van der Waals surface area contributed by atoms with Crippen molar-refractivity contribution in [3.8, 4) is 0 Å². The molecule has 0 aromatic heterocycles. The predicted octanol–water partition coefficient (Wildman–Crippen LogP) is 1.99. The van der Waals surface area contributed by atoms with Crippen molar-refractivity contribution in [1.29, 1.82) is 0 Å². The fourth-order valence-corrected chi connectivity index (χ4v) is 1.99. The Morgan fingerprint density at radius 2 is 1.84 bits per heavy atom.